The molecule has 1 atom stereocenters. The number of nitrogens with one attached hydrogen (secondary N) is 1. The summed E-state index contributed by atoms with van der Waals surface area (Å²) >= 11 is 1.45. The normalized spacial score (nSPS) is 12.2. The van der Waals surface area contributed by atoms with Crippen molar-refractivity contribution >= 4 is 22.7 Å². The summed E-state index contributed by atoms with van der Waals surface area (Å²) in [5.74, 6) is -2.08. The third kappa shape index (κ3) is 3.33. The van der Waals surface area contributed by atoms with Gasteiger partial charge in [0.25, 0.3) is 0 Å². The van der Waals surface area contributed by atoms with Crippen molar-refractivity contribution in [2.75, 3.05) is 5.32 Å². The van der Waals surface area contributed by atoms with E-state index in [9.17, 15) is 18.9 Å². The summed E-state index contributed by atoms with van der Waals surface area (Å²) in [6.45, 7) is 3.72. The topological polar surface area (TPSA) is 68.1 Å². The average molecular weight is 313 g/mol. The lowest BCUT2D eigenvalue weighted by Crippen LogP contribution is -2.09. The Morgan fingerprint density at radius 1 is 1.48 bits per heavy atom. The van der Waals surface area contributed by atoms with Gasteiger partial charge in [-0.25, -0.2) is 9.37 Å². The second-order valence-corrected chi connectivity index (χ2v) is 5.57. The molecule has 0 aliphatic rings. The van der Waals surface area contributed by atoms with Gasteiger partial charge in [-0.15, -0.1) is 11.3 Å². The van der Waals surface area contributed by atoms with Gasteiger partial charge in [0.2, 0.25) is 5.82 Å². The Morgan fingerprint density at radius 2 is 2.19 bits per heavy atom. The third-order valence-corrected chi connectivity index (χ3v) is 4.20. The zero-order chi connectivity index (χ0) is 15.6. The molecule has 112 valence electrons. The molecule has 0 amide bonds. The van der Waals surface area contributed by atoms with Crippen molar-refractivity contribution < 1.29 is 13.7 Å². The van der Waals surface area contributed by atoms with Gasteiger partial charge in [-0.3, -0.25) is 10.1 Å². The van der Waals surface area contributed by atoms with E-state index in [1.54, 1.807) is 13.1 Å². The number of benzene rings is 1. The number of rotatable bonds is 5. The maximum Gasteiger partial charge on any atom is 0.327 e. The number of nitro benzene ring substituents is 1. The molecule has 0 fully saturated rings. The van der Waals surface area contributed by atoms with Crippen LogP contribution in [0.15, 0.2) is 18.3 Å². The van der Waals surface area contributed by atoms with E-state index in [1.165, 1.54) is 11.3 Å². The van der Waals surface area contributed by atoms with Crippen LogP contribution in [0.25, 0.3) is 0 Å². The number of thiazole rings is 1. The zero-order valence-corrected chi connectivity index (χ0v) is 12.2. The number of nitrogens with zero attached hydrogens (tertiary/aromatic N) is 2. The van der Waals surface area contributed by atoms with Gasteiger partial charge in [-0.2, -0.15) is 4.39 Å². The molecule has 0 aliphatic carbocycles. The number of aryl methyl sites for hydroxylation is 1. The lowest BCUT2D eigenvalue weighted by atomic mass is 10.2. The quantitative estimate of drug-likeness (QED) is 0.667. The smallest absolute Gasteiger partial charge is 0.327 e. The largest absolute Gasteiger partial charge is 0.370 e. The first-order valence-electron chi connectivity index (χ1n) is 6.27. The number of aromatic nitrogens is 1. The molecule has 5 nitrogen and oxygen atoms in total. The fraction of sp³-hybridized carbons (Fsp3) is 0.308. The molecule has 1 heterocycles. The lowest BCUT2D eigenvalue weighted by Gasteiger charge is -2.13. The zero-order valence-electron chi connectivity index (χ0n) is 11.4. The second-order valence-electron chi connectivity index (χ2n) is 4.43. The van der Waals surface area contributed by atoms with E-state index in [0.29, 0.717) is 11.1 Å². The summed E-state index contributed by atoms with van der Waals surface area (Å²) in [5, 5.41) is 14.4. The van der Waals surface area contributed by atoms with Gasteiger partial charge in [0.1, 0.15) is 16.5 Å². The van der Waals surface area contributed by atoms with Crippen molar-refractivity contribution in [2.45, 2.75) is 26.3 Å². The molecule has 0 radical (unpaired) electrons. The van der Waals surface area contributed by atoms with Crippen molar-refractivity contribution in [2.24, 2.45) is 0 Å². The van der Waals surface area contributed by atoms with Crippen LogP contribution in [0.3, 0.4) is 0 Å². The molecule has 0 aliphatic heterocycles. The predicted octanol–water partition coefficient (Wildman–Crippen LogP) is 4.07. The van der Waals surface area contributed by atoms with E-state index < -0.39 is 28.3 Å². The van der Waals surface area contributed by atoms with Crippen LogP contribution in [0.5, 0.6) is 0 Å². The molecule has 0 bridgehead atoms. The molecule has 0 spiro atoms. The maximum absolute atomic E-state index is 13.5. The van der Waals surface area contributed by atoms with Gasteiger partial charge in [-0.05, 0) is 13.3 Å². The highest BCUT2D eigenvalue weighted by Crippen LogP contribution is 2.32. The van der Waals surface area contributed by atoms with E-state index in [1.807, 2.05) is 6.92 Å². The van der Waals surface area contributed by atoms with Gasteiger partial charge in [0.15, 0.2) is 0 Å². The fourth-order valence-electron chi connectivity index (χ4n) is 1.84. The second kappa shape index (κ2) is 6.13. The molecule has 8 heteroatoms. The Morgan fingerprint density at radius 3 is 2.76 bits per heavy atom. The van der Waals surface area contributed by atoms with Crippen LogP contribution in [0.4, 0.5) is 20.2 Å². The van der Waals surface area contributed by atoms with E-state index in [4.69, 9.17) is 0 Å². The van der Waals surface area contributed by atoms with Crippen LogP contribution in [-0.4, -0.2) is 9.91 Å². The third-order valence-electron chi connectivity index (χ3n) is 2.87. The van der Waals surface area contributed by atoms with Crippen molar-refractivity contribution in [3.05, 3.63) is 50.0 Å². The van der Waals surface area contributed by atoms with Crippen LogP contribution >= 0.6 is 11.3 Å². The van der Waals surface area contributed by atoms with Crippen molar-refractivity contribution in [1.82, 2.24) is 4.98 Å². The van der Waals surface area contributed by atoms with Gasteiger partial charge in [-0.1, -0.05) is 6.92 Å². The summed E-state index contributed by atoms with van der Waals surface area (Å²) < 4.78 is 26.8. The maximum atomic E-state index is 13.5. The summed E-state index contributed by atoms with van der Waals surface area (Å²) in [6, 6.07) is 1.01. The fourth-order valence-corrected chi connectivity index (χ4v) is 2.70. The summed E-state index contributed by atoms with van der Waals surface area (Å²) in [4.78, 5) is 15.3. The molecule has 2 aromatic rings. The molecular weight excluding hydrogens is 300 g/mol. The van der Waals surface area contributed by atoms with E-state index in [0.717, 1.165) is 17.4 Å². The Bertz CT molecular complexity index is 675. The summed E-state index contributed by atoms with van der Waals surface area (Å²) in [6.07, 6.45) is 2.55. The Balaban J connectivity index is 2.32. The van der Waals surface area contributed by atoms with Gasteiger partial charge in [0, 0.05) is 23.2 Å². The standard InChI is InChI=1S/C13H13F2N3O2S/c1-3-9-6-16-13(21-9)7(2)17-11-5-8(14)4-10(15)12(11)18(19)20/h4-7,17H,3H2,1-2H3. The Labute approximate surface area is 123 Å². The molecule has 1 N–H and O–H groups in total. The first-order valence-corrected chi connectivity index (χ1v) is 7.08. The summed E-state index contributed by atoms with van der Waals surface area (Å²) in [7, 11) is 0. The van der Waals surface area contributed by atoms with Crippen molar-refractivity contribution in [1.29, 1.82) is 0 Å². The lowest BCUT2D eigenvalue weighted by molar-refractivity contribution is -0.386. The average Bonchev–Trinajstić information content (AvgIpc) is 2.85. The molecule has 2 rings (SSSR count). The van der Waals surface area contributed by atoms with Gasteiger partial charge in [0.05, 0.1) is 11.0 Å². The number of nitro groups is 1. The van der Waals surface area contributed by atoms with E-state index >= 15 is 0 Å². The highest BCUT2D eigenvalue weighted by molar-refractivity contribution is 7.11. The molecular formula is C13H13F2N3O2S. The van der Waals surface area contributed by atoms with Gasteiger partial charge >= 0.3 is 5.69 Å². The van der Waals surface area contributed by atoms with Crippen LogP contribution in [-0.2, 0) is 6.42 Å². The molecule has 0 saturated heterocycles. The van der Waals surface area contributed by atoms with E-state index in [2.05, 4.69) is 10.3 Å². The first kappa shape index (κ1) is 15.3. The van der Waals surface area contributed by atoms with Crippen LogP contribution in [0.2, 0.25) is 0 Å². The molecule has 0 saturated carbocycles. The number of hydrogen-bond donors (Lipinski definition) is 1. The highest BCUT2D eigenvalue weighted by Gasteiger charge is 2.24. The molecule has 1 aromatic carbocycles. The first-order chi connectivity index (χ1) is 9.92. The minimum atomic E-state index is -1.21. The summed E-state index contributed by atoms with van der Waals surface area (Å²) in [5.41, 5.74) is -0.964. The Kier molecular flexibility index (Phi) is 4.46. The van der Waals surface area contributed by atoms with Crippen LogP contribution in [0.1, 0.15) is 29.8 Å². The van der Waals surface area contributed by atoms with Crippen LogP contribution < -0.4 is 5.32 Å². The number of hydrogen-bond acceptors (Lipinski definition) is 5. The minimum absolute atomic E-state index is 0.196. The predicted molar refractivity (Wildman–Crippen MR) is 76.5 cm³/mol. The highest BCUT2D eigenvalue weighted by atomic mass is 32.1. The van der Waals surface area contributed by atoms with Crippen molar-refractivity contribution in [3.63, 3.8) is 0 Å². The number of halogens is 2. The molecule has 1 unspecified atom stereocenters. The monoisotopic (exact) mass is 313 g/mol. The molecule has 21 heavy (non-hydrogen) atoms. The SMILES string of the molecule is CCc1cnc(C(C)Nc2cc(F)cc(F)c2[N+](=O)[O-])s1. The van der Waals surface area contributed by atoms with Gasteiger partial charge < -0.3 is 5.32 Å². The Hall–Kier alpha value is -2.09. The van der Waals surface area contributed by atoms with Crippen molar-refractivity contribution in [3.8, 4) is 0 Å². The van der Waals surface area contributed by atoms with Crippen LogP contribution in [0, 0.1) is 21.7 Å². The minimum Gasteiger partial charge on any atom is -0.370 e. The van der Waals surface area contributed by atoms with E-state index in [-0.39, 0.29) is 5.69 Å². The molecule has 1 aromatic heterocycles. The number of anilines is 1.